The highest BCUT2D eigenvalue weighted by Gasteiger charge is 2.49. The SMILES string of the molecule is CC(NC(=O)CN1C(=O)NC(C)(c2cccc(-n3cnnn3)c2)C1=O)c1cc2ccccc2o1. The molecule has 11 heteroatoms. The molecule has 172 valence electrons. The summed E-state index contributed by atoms with van der Waals surface area (Å²) in [5, 5.41) is 17.5. The topological polar surface area (TPSA) is 135 Å². The van der Waals surface area contributed by atoms with Gasteiger partial charge >= 0.3 is 6.03 Å². The molecule has 0 bridgehead atoms. The molecule has 2 aromatic heterocycles. The van der Waals surface area contributed by atoms with Crippen LogP contribution in [0.1, 0.15) is 31.2 Å². The fraction of sp³-hybridized carbons (Fsp3) is 0.217. The number of amides is 4. The number of tetrazole rings is 1. The minimum absolute atomic E-state index is 0.419. The normalized spacial score (nSPS) is 18.8. The summed E-state index contributed by atoms with van der Waals surface area (Å²) in [5.41, 5.74) is 0.539. The Morgan fingerprint density at radius 3 is 2.76 bits per heavy atom. The van der Waals surface area contributed by atoms with Crippen LogP contribution in [0.4, 0.5) is 4.79 Å². The highest BCUT2D eigenvalue weighted by Crippen LogP contribution is 2.30. The molecule has 0 aliphatic carbocycles. The van der Waals surface area contributed by atoms with Crippen molar-refractivity contribution in [1.29, 1.82) is 0 Å². The molecule has 5 rings (SSSR count). The van der Waals surface area contributed by atoms with E-state index in [0.29, 0.717) is 22.6 Å². The van der Waals surface area contributed by atoms with E-state index in [1.54, 1.807) is 38.1 Å². The van der Waals surface area contributed by atoms with Crippen molar-refractivity contribution in [3.63, 3.8) is 0 Å². The van der Waals surface area contributed by atoms with Crippen molar-refractivity contribution in [1.82, 2.24) is 35.7 Å². The Morgan fingerprint density at radius 2 is 2.00 bits per heavy atom. The summed E-state index contributed by atoms with van der Waals surface area (Å²) in [6, 6.07) is 15.2. The number of aromatic nitrogens is 4. The number of fused-ring (bicyclic) bond motifs is 1. The van der Waals surface area contributed by atoms with Crippen molar-refractivity contribution in [3.05, 3.63) is 72.2 Å². The molecule has 2 atom stereocenters. The molecule has 1 saturated heterocycles. The molecule has 3 heterocycles. The second kappa shape index (κ2) is 8.10. The summed E-state index contributed by atoms with van der Waals surface area (Å²) in [7, 11) is 0. The number of urea groups is 1. The number of rotatable bonds is 6. The van der Waals surface area contributed by atoms with Crippen LogP contribution in [0.5, 0.6) is 0 Å². The molecule has 2 N–H and O–H groups in total. The summed E-state index contributed by atoms with van der Waals surface area (Å²) in [5.74, 6) is -0.433. The third kappa shape index (κ3) is 3.66. The summed E-state index contributed by atoms with van der Waals surface area (Å²) in [6.45, 7) is 2.95. The zero-order valence-corrected chi connectivity index (χ0v) is 18.4. The predicted molar refractivity (Wildman–Crippen MR) is 120 cm³/mol. The van der Waals surface area contributed by atoms with Crippen LogP contribution < -0.4 is 10.6 Å². The van der Waals surface area contributed by atoms with E-state index in [9.17, 15) is 14.4 Å². The average molecular weight is 459 g/mol. The molecule has 0 spiro atoms. The first kappa shape index (κ1) is 21.3. The monoisotopic (exact) mass is 459 g/mol. The summed E-state index contributed by atoms with van der Waals surface area (Å²) < 4.78 is 7.23. The molecular weight excluding hydrogens is 438 g/mol. The van der Waals surface area contributed by atoms with Crippen LogP contribution in [0.15, 0.2) is 65.3 Å². The molecule has 2 unspecified atom stereocenters. The second-order valence-corrected chi connectivity index (χ2v) is 8.23. The van der Waals surface area contributed by atoms with Gasteiger partial charge in [0.05, 0.1) is 11.7 Å². The van der Waals surface area contributed by atoms with Crippen molar-refractivity contribution < 1.29 is 18.8 Å². The molecule has 11 nitrogen and oxygen atoms in total. The Labute approximate surface area is 193 Å². The molecular formula is C23H21N7O4. The summed E-state index contributed by atoms with van der Waals surface area (Å²) >= 11 is 0. The maximum atomic E-state index is 13.2. The van der Waals surface area contributed by atoms with Gasteiger partial charge in [-0.25, -0.2) is 9.48 Å². The first-order chi connectivity index (χ1) is 16.3. The van der Waals surface area contributed by atoms with Gasteiger partial charge in [-0.2, -0.15) is 0 Å². The van der Waals surface area contributed by atoms with E-state index in [4.69, 9.17) is 4.42 Å². The van der Waals surface area contributed by atoms with Crippen molar-refractivity contribution in [2.75, 3.05) is 6.54 Å². The number of benzene rings is 2. The molecule has 0 saturated carbocycles. The number of carbonyl (C=O) groups excluding carboxylic acids is 3. The lowest BCUT2D eigenvalue weighted by Crippen LogP contribution is -2.43. The third-order valence-electron chi connectivity index (χ3n) is 5.86. The van der Waals surface area contributed by atoms with Crippen molar-refractivity contribution in [3.8, 4) is 5.69 Å². The van der Waals surface area contributed by atoms with Gasteiger partial charge in [0.1, 0.15) is 29.8 Å². The van der Waals surface area contributed by atoms with E-state index < -0.39 is 36.0 Å². The van der Waals surface area contributed by atoms with Crippen LogP contribution in [-0.4, -0.2) is 49.5 Å². The maximum Gasteiger partial charge on any atom is 0.325 e. The fourth-order valence-corrected chi connectivity index (χ4v) is 3.99. The molecule has 1 aliphatic heterocycles. The van der Waals surface area contributed by atoms with Gasteiger partial charge in [-0.1, -0.05) is 30.3 Å². The van der Waals surface area contributed by atoms with E-state index in [-0.39, 0.29) is 0 Å². The van der Waals surface area contributed by atoms with Crippen LogP contribution in [0.2, 0.25) is 0 Å². The van der Waals surface area contributed by atoms with Gasteiger partial charge in [-0.3, -0.25) is 14.5 Å². The molecule has 2 aromatic carbocycles. The van der Waals surface area contributed by atoms with Crippen LogP contribution in [0.3, 0.4) is 0 Å². The van der Waals surface area contributed by atoms with Crippen molar-refractivity contribution in [2.24, 2.45) is 0 Å². The standard InChI is InChI=1S/C23H21N7O4/c1-14(19-10-15-6-3-4-9-18(15)34-19)25-20(31)12-29-21(32)23(2,26-22(29)33)16-7-5-8-17(11-16)30-13-24-27-28-30/h3-11,13-14H,12H2,1-2H3,(H,25,31)(H,26,33). The molecule has 34 heavy (non-hydrogen) atoms. The number of para-hydroxylation sites is 1. The number of imide groups is 1. The number of nitrogens with zero attached hydrogens (tertiary/aromatic N) is 5. The zero-order chi connectivity index (χ0) is 23.9. The van der Waals surface area contributed by atoms with E-state index in [2.05, 4.69) is 26.2 Å². The quantitative estimate of drug-likeness (QED) is 0.421. The predicted octanol–water partition coefficient (Wildman–Crippen LogP) is 2.05. The van der Waals surface area contributed by atoms with E-state index in [1.807, 2.05) is 30.3 Å². The van der Waals surface area contributed by atoms with Crippen molar-refractivity contribution >= 4 is 28.8 Å². The number of carbonyl (C=O) groups is 3. The lowest BCUT2D eigenvalue weighted by molar-refractivity contribution is -0.135. The van der Waals surface area contributed by atoms with Crippen LogP contribution in [-0.2, 0) is 15.1 Å². The summed E-state index contributed by atoms with van der Waals surface area (Å²) in [4.78, 5) is 39.5. The summed E-state index contributed by atoms with van der Waals surface area (Å²) in [6.07, 6.45) is 1.43. The van der Waals surface area contributed by atoms with Crippen LogP contribution in [0, 0.1) is 0 Å². The van der Waals surface area contributed by atoms with Gasteiger partial charge in [0.15, 0.2) is 0 Å². The van der Waals surface area contributed by atoms with Gasteiger partial charge in [0.25, 0.3) is 5.91 Å². The Hall–Kier alpha value is -4.54. The Balaban J connectivity index is 1.30. The second-order valence-electron chi connectivity index (χ2n) is 8.23. The van der Waals surface area contributed by atoms with Gasteiger partial charge in [-0.15, -0.1) is 5.10 Å². The fourth-order valence-electron chi connectivity index (χ4n) is 3.99. The lowest BCUT2D eigenvalue weighted by Gasteiger charge is -2.23. The smallest absolute Gasteiger partial charge is 0.325 e. The van der Waals surface area contributed by atoms with E-state index >= 15 is 0 Å². The van der Waals surface area contributed by atoms with Gasteiger partial charge in [0.2, 0.25) is 5.91 Å². The highest BCUT2D eigenvalue weighted by atomic mass is 16.3. The first-order valence-corrected chi connectivity index (χ1v) is 10.6. The zero-order valence-electron chi connectivity index (χ0n) is 18.4. The van der Waals surface area contributed by atoms with Gasteiger partial charge in [-0.05, 0) is 54.1 Å². The number of hydrogen-bond acceptors (Lipinski definition) is 7. The van der Waals surface area contributed by atoms with E-state index in [1.165, 1.54) is 11.0 Å². The molecule has 4 amide bonds. The van der Waals surface area contributed by atoms with Crippen LogP contribution >= 0.6 is 0 Å². The molecule has 1 aliphatic rings. The highest BCUT2D eigenvalue weighted by molar-refractivity contribution is 6.09. The maximum absolute atomic E-state index is 13.2. The molecule has 4 aromatic rings. The largest absolute Gasteiger partial charge is 0.459 e. The first-order valence-electron chi connectivity index (χ1n) is 10.6. The van der Waals surface area contributed by atoms with E-state index in [0.717, 1.165) is 10.3 Å². The van der Waals surface area contributed by atoms with Crippen LogP contribution in [0.25, 0.3) is 16.7 Å². The van der Waals surface area contributed by atoms with Gasteiger partial charge in [0, 0.05) is 5.39 Å². The van der Waals surface area contributed by atoms with Crippen molar-refractivity contribution in [2.45, 2.75) is 25.4 Å². The van der Waals surface area contributed by atoms with Gasteiger partial charge < -0.3 is 15.1 Å². The molecule has 1 fully saturated rings. The lowest BCUT2D eigenvalue weighted by atomic mass is 9.91. The minimum atomic E-state index is -1.34. The Morgan fingerprint density at radius 1 is 1.18 bits per heavy atom. The Kier molecular flexibility index (Phi) is 5.08. The number of furan rings is 1. The minimum Gasteiger partial charge on any atom is -0.459 e. The third-order valence-corrected chi connectivity index (χ3v) is 5.86. The number of hydrogen-bond donors (Lipinski definition) is 2. The average Bonchev–Trinajstić information content (AvgIpc) is 3.56. The number of nitrogens with one attached hydrogen (secondary N) is 2. The Bertz CT molecular complexity index is 1360. The molecule has 0 radical (unpaired) electrons.